The van der Waals surface area contributed by atoms with Crippen molar-refractivity contribution in [1.82, 2.24) is 9.88 Å². The van der Waals surface area contributed by atoms with Crippen molar-refractivity contribution >= 4 is 29.1 Å². The summed E-state index contributed by atoms with van der Waals surface area (Å²) in [6.45, 7) is 0. The van der Waals surface area contributed by atoms with Crippen LogP contribution in [0.2, 0.25) is 5.02 Å². The van der Waals surface area contributed by atoms with Crippen LogP contribution in [-0.2, 0) is 0 Å². The third-order valence-corrected chi connectivity index (χ3v) is 3.13. The van der Waals surface area contributed by atoms with Gasteiger partial charge in [0.1, 0.15) is 0 Å². The van der Waals surface area contributed by atoms with Crippen LogP contribution in [0.4, 0.5) is 5.69 Å². The molecule has 2 rings (SSSR count). The van der Waals surface area contributed by atoms with E-state index in [-0.39, 0.29) is 16.8 Å². The number of aromatic nitrogens is 1. The van der Waals surface area contributed by atoms with Crippen LogP contribution in [0.3, 0.4) is 0 Å². The van der Waals surface area contributed by atoms with Gasteiger partial charge in [-0.2, -0.15) is 0 Å². The molecule has 0 atom stereocenters. The fourth-order valence-electron chi connectivity index (χ4n) is 1.77. The number of rotatable bonds is 3. The molecule has 0 spiro atoms. The Balaban J connectivity index is 2.30. The van der Waals surface area contributed by atoms with Gasteiger partial charge in [-0.15, -0.1) is 0 Å². The summed E-state index contributed by atoms with van der Waals surface area (Å²) in [6, 6.07) is 8.34. The molecular weight excluding hydrogens is 290 g/mol. The van der Waals surface area contributed by atoms with Crippen molar-refractivity contribution in [1.29, 1.82) is 0 Å². The Kier molecular flexibility index (Phi) is 4.55. The lowest BCUT2D eigenvalue weighted by Crippen LogP contribution is -2.24. The minimum atomic E-state index is -0.388. The third-order valence-electron chi connectivity index (χ3n) is 2.83. The van der Waals surface area contributed by atoms with Crippen LogP contribution in [0.25, 0.3) is 0 Å². The van der Waals surface area contributed by atoms with E-state index in [1.165, 1.54) is 23.4 Å². The number of halogens is 1. The number of benzene rings is 1. The number of nitrogens with zero attached hydrogens (tertiary/aromatic N) is 2. The van der Waals surface area contributed by atoms with Gasteiger partial charge in [0.2, 0.25) is 0 Å². The van der Waals surface area contributed by atoms with Gasteiger partial charge in [-0.3, -0.25) is 14.6 Å². The van der Waals surface area contributed by atoms with Crippen LogP contribution in [0.5, 0.6) is 0 Å². The van der Waals surface area contributed by atoms with E-state index < -0.39 is 0 Å². The van der Waals surface area contributed by atoms with E-state index in [0.29, 0.717) is 16.8 Å². The molecule has 2 aromatic rings. The highest BCUT2D eigenvalue weighted by Crippen LogP contribution is 2.20. The van der Waals surface area contributed by atoms with Gasteiger partial charge in [0, 0.05) is 26.5 Å². The Morgan fingerprint density at radius 1 is 1.14 bits per heavy atom. The average molecular weight is 304 g/mol. The maximum atomic E-state index is 12.2. The maximum Gasteiger partial charge on any atom is 0.257 e. The van der Waals surface area contributed by atoms with Crippen molar-refractivity contribution < 1.29 is 9.59 Å². The number of hydrogen-bond donors (Lipinski definition) is 1. The molecular formula is C15H14ClN3O2. The smallest absolute Gasteiger partial charge is 0.257 e. The second kappa shape index (κ2) is 6.37. The molecule has 5 nitrogen and oxygen atoms in total. The summed E-state index contributed by atoms with van der Waals surface area (Å²) in [7, 11) is 3.31. The van der Waals surface area contributed by atoms with Crippen LogP contribution >= 0.6 is 11.6 Å². The average Bonchev–Trinajstić information content (AvgIpc) is 2.47. The Bertz CT molecular complexity index is 686. The first-order valence-electron chi connectivity index (χ1n) is 6.22. The van der Waals surface area contributed by atoms with Crippen molar-refractivity contribution in [2.24, 2.45) is 0 Å². The van der Waals surface area contributed by atoms with Crippen LogP contribution in [0.1, 0.15) is 20.7 Å². The monoisotopic (exact) mass is 303 g/mol. The minimum absolute atomic E-state index is 0.188. The van der Waals surface area contributed by atoms with Gasteiger partial charge in [0.05, 0.1) is 21.8 Å². The summed E-state index contributed by atoms with van der Waals surface area (Å²) in [4.78, 5) is 29.6. The van der Waals surface area contributed by atoms with Crippen molar-refractivity contribution in [3.8, 4) is 0 Å². The highest BCUT2D eigenvalue weighted by atomic mass is 35.5. The normalized spacial score (nSPS) is 10.0. The fourth-order valence-corrected chi connectivity index (χ4v) is 1.97. The molecule has 2 amide bonds. The summed E-state index contributed by atoms with van der Waals surface area (Å²) in [5, 5.41) is 2.96. The van der Waals surface area contributed by atoms with Crippen molar-refractivity contribution in [3.63, 3.8) is 0 Å². The number of amides is 2. The molecule has 0 bridgehead atoms. The highest BCUT2D eigenvalue weighted by molar-refractivity contribution is 6.34. The van der Waals surface area contributed by atoms with Crippen molar-refractivity contribution in [2.75, 3.05) is 19.4 Å². The van der Waals surface area contributed by atoms with Gasteiger partial charge >= 0.3 is 0 Å². The second-order valence-electron chi connectivity index (χ2n) is 4.55. The van der Waals surface area contributed by atoms with Crippen LogP contribution < -0.4 is 5.32 Å². The molecule has 0 aliphatic carbocycles. The van der Waals surface area contributed by atoms with Crippen molar-refractivity contribution in [3.05, 3.63) is 58.9 Å². The Morgan fingerprint density at radius 3 is 2.52 bits per heavy atom. The van der Waals surface area contributed by atoms with Crippen molar-refractivity contribution in [2.45, 2.75) is 0 Å². The van der Waals surface area contributed by atoms with E-state index in [0.717, 1.165) is 0 Å². The first-order chi connectivity index (χ1) is 10.0. The van der Waals surface area contributed by atoms with Gasteiger partial charge in [-0.1, -0.05) is 23.7 Å². The van der Waals surface area contributed by atoms with E-state index in [1.54, 1.807) is 38.4 Å². The minimum Gasteiger partial charge on any atom is -0.345 e. The molecule has 108 valence electrons. The first kappa shape index (κ1) is 15.0. The van der Waals surface area contributed by atoms with Crippen LogP contribution in [0.15, 0.2) is 42.7 Å². The van der Waals surface area contributed by atoms with Gasteiger partial charge < -0.3 is 10.2 Å². The molecule has 0 saturated heterocycles. The second-order valence-corrected chi connectivity index (χ2v) is 4.96. The number of carbonyl (C=O) groups is 2. The molecule has 0 radical (unpaired) electrons. The summed E-state index contributed by atoms with van der Waals surface area (Å²) in [6.07, 6.45) is 2.88. The summed E-state index contributed by atoms with van der Waals surface area (Å²) >= 11 is 5.94. The van der Waals surface area contributed by atoms with Gasteiger partial charge in [-0.25, -0.2) is 0 Å². The van der Waals surface area contributed by atoms with E-state index in [2.05, 4.69) is 10.3 Å². The largest absolute Gasteiger partial charge is 0.345 e. The van der Waals surface area contributed by atoms with E-state index >= 15 is 0 Å². The quantitative estimate of drug-likeness (QED) is 0.948. The van der Waals surface area contributed by atoms with E-state index in [1.807, 2.05) is 0 Å². The fraction of sp³-hybridized carbons (Fsp3) is 0.133. The zero-order valence-corrected chi connectivity index (χ0v) is 12.4. The zero-order chi connectivity index (χ0) is 15.4. The topological polar surface area (TPSA) is 62.3 Å². The molecule has 0 fully saturated rings. The molecule has 1 heterocycles. The van der Waals surface area contributed by atoms with E-state index in [9.17, 15) is 9.59 Å². The molecule has 0 aliphatic rings. The van der Waals surface area contributed by atoms with Gasteiger partial charge in [0.25, 0.3) is 11.8 Å². The predicted octanol–water partition coefficient (Wildman–Crippen LogP) is 2.69. The lowest BCUT2D eigenvalue weighted by atomic mass is 10.1. The maximum absolute atomic E-state index is 12.2. The van der Waals surface area contributed by atoms with Gasteiger partial charge in [-0.05, 0) is 18.2 Å². The van der Waals surface area contributed by atoms with Crippen LogP contribution in [-0.4, -0.2) is 35.8 Å². The third kappa shape index (κ3) is 3.38. The number of para-hydroxylation sites is 1. The molecule has 21 heavy (non-hydrogen) atoms. The van der Waals surface area contributed by atoms with E-state index in [4.69, 9.17) is 11.6 Å². The molecule has 1 aromatic carbocycles. The molecule has 0 unspecified atom stereocenters. The van der Waals surface area contributed by atoms with Gasteiger partial charge in [0.15, 0.2) is 0 Å². The summed E-state index contributed by atoms with van der Waals surface area (Å²) in [5.74, 6) is -0.576. The molecule has 0 aliphatic heterocycles. The molecule has 1 N–H and O–H groups in total. The molecule has 1 aromatic heterocycles. The zero-order valence-electron chi connectivity index (χ0n) is 11.6. The number of carbonyl (C=O) groups excluding carboxylic acids is 2. The highest BCUT2D eigenvalue weighted by Gasteiger charge is 2.16. The predicted molar refractivity (Wildman–Crippen MR) is 81.7 cm³/mol. The number of pyridine rings is 1. The lowest BCUT2D eigenvalue weighted by Gasteiger charge is -2.14. The lowest BCUT2D eigenvalue weighted by molar-refractivity contribution is 0.0828. The Labute approximate surface area is 127 Å². The summed E-state index contributed by atoms with van der Waals surface area (Å²) in [5.41, 5.74) is 1.16. The summed E-state index contributed by atoms with van der Waals surface area (Å²) < 4.78 is 0. The molecule has 6 heteroatoms. The standard InChI is InChI=1S/C15H14ClN3O2/c1-19(2)15(21)11-5-3-4-6-13(11)18-14(20)10-7-8-17-9-12(10)16/h3-9H,1-2H3,(H,18,20). The number of anilines is 1. The number of hydrogen-bond acceptors (Lipinski definition) is 3. The first-order valence-corrected chi connectivity index (χ1v) is 6.60. The number of nitrogens with one attached hydrogen (secondary N) is 1. The SMILES string of the molecule is CN(C)C(=O)c1ccccc1NC(=O)c1ccncc1Cl. The van der Waals surface area contributed by atoms with Crippen LogP contribution in [0, 0.1) is 0 Å². The molecule has 0 saturated carbocycles. The Morgan fingerprint density at radius 2 is 1.86 bits per heavy atom. The Hall–Kier alpha value is -2.40.